The van der Waals surface area contributed by atoms with Gasteiger partial charge in [0.1, 0.15) is 6.33 Å². The summed E-state index contributed by atoms with van der Waals surface area (Å²) in [6, 6.07) is 7.41. The average Bonchev–Trinajstić information content (AvgIpc) is 3.52. The minimum absolute atomic E-state index is 0. The number of urea groups is 1. The molecule has 5 heterocycles. The van der Waals surface area contributed by atoms with Crippen molar-refractivity contribution in [3.63, 3.8) is 0 Å². The predicted octanol–water partition coefficient (Wildman–Crippen LogP) is 2.47. The summed E-state index contributed by atoms with van der Waals surface area (Å²) in [5, 5.41) is 11.9. The molecule has 0 bridgehead atoms. The second kappa shape index (κ2) is 9.46. The van der Waals surface area contributed by atoms with Crippen molar-refractivity contribution < 1.29 is 14.3 Å². The van der Waals surface area contributed by atoms with Gasteiger partial charge < -0.3 is 19.9 Å². The quantitative estimate of drug-likeness (QED) is 0.395. The lowest BCUT2D eigenvalue weighted by molar-refractivity contribution is -0.125. The Morgan fingerprint density at radius 1 is 1.23 bits per heavy atom. The summed E-state index contributed by atoms with van der Waals surface area (Å²) in [4.78, 5) is 29.8. The van der Waals surface area contributed by atoms with Crippen molar-refractivity contribution in [2.75, 3.05) is 26.2 Å². The van der Waals surface area contributed by atoms with Crippen LogP contribution in [0.15, 0.2) is 43.0 Å². The largest absolute Gasteiger partial charge is 0.374 e. The number of imide groups is 1. The monoisotopic (exact) mass is 515 g/mol. The lowest BCUT2D eigenvalue weighted by Crippen LogP contribution is -2.40. The van der Waals surface area contributed by atoms with Crippen LogP contribution in [0, 0.1) is 0 Å². The summed E-state index contributed by atoms with van der Waals surface area (Å²) in [6.45, 7) is 3.25. The maximum absolute atomic E-state index is 12.0. The van der Waals surface area contributed by atoms with Crippen LogP contribution in [0.3, 0.4) is 0 Å². The van der Waals surface area contributed by atoms with Crippen molar-refractivity contribution in [2.24, 2.45) is 0 Å². The molecule has 35 heavy (non-hydrogen) atoms. The molecule has 3 amide bonds. The van der Waals surface area contributed by atoms with E-state index in [2.05, 4.69) is 25.3 Å². The van der Waals surface area contributed by atoms with Gasteiger partial charge in [0.05, 0.1) is 49.1 Å². The third kappa shape index (κ3) is 4.34. The van der Waals surface area contributed by atoms with E-state index >= 15 is 0 Å². The number of ether oxygens (including phenoxy) is 1. The Morgan fingerprint density at radius 3 is 2.89 bits per heavy atom. The van der Waals surface area contributed by atoms with Crippen molar-refractivity contribution in [3.8, 4) is 11.3 Å². The van der Waals surface area contributed by atoms with Crippen LogP contribution >= 0.6 is 24.0 Å². The molecule has 4 aromatic rings. The molecule has 2 aliphatic rings. The van der Waals surface area contributed by atoms with Crippen LogP contribution in [0.1, 0.15) is 5.56 Å². The third-order valence-electron chi connectivity index (χ3n) is 6.23. The molecule has 2 saturated heterocycles. The minimum Gasteiger partial charge on any atom is -0.374 e. The SMILES string of the molecule is Cl.O=C1CNC(=O)N1Cc1cc2c(-c3cc(Cl)cc4ccn(C[C@@H]5CNCCO5)c34)ncnn2c1. The maximum atomic E-state index is 12.0. The molecule has 182 valence electrons. The van der Waals surface area contributed by atoms with Crippen molar-refractivity contribution in [1.29, 1.82) is 0 Å². The van der Waals surface area contributed by atoms with Crippen LogP contribution in [0.25, 0.3) is 27.7 Å². The molecule has 0 spiro atoms. The van der Waals surface area contributed by atoms with Crippen molar-refractivity contribution >= 4 is 52.4 Å². The minimum atomic E-state index is -0.389. The van der Waals surface area contributed by atoms with Gasteiger partial charge in [0, 0.05) is 41.5 Å². The highest BCUT2D eigenvalue weighted by Crippen LogP contribution is 2.34. The molecule has 0 radical (unpaired) electrons. The van der Waals surface area contributed by atoms with Gasteiger partial charge in [-0.3, -0.25) is 9.69 Å². The highest BCUT2D eigenvalue weighted by atomic mass is 35.5. The first-order valence-corrected chi connectivity index (χ1v) is 11.5. The van der Waals surface area contributed by atoms with Crippen LogP contribution in [0.5, 0.6) is 0 Å². The summed E-state index contributed by atoms with van der Waals surface area (Å²) >= 11 is 6.49. The van der Waals surface area contributed by atoms with Crippen LogP contribution in [-0.2, 0) is 22.6 Å². The fourth-order valence-electron chi connectivity index (χ4n) is 4.68. The standard InChI is InChI=1S/C23H22ClN7O3.ClH/c24-16-6-15-1-3-29(12-17-8-25-2-4-34-17)22(15)18(7-16)21-19-5-14(11-31(19)28-13-27-21)10-30-20(32)9-26-23(30)33;/h1,3,5-7,11,13,17,25H,2,4,8-10,12H2,(H,26,33);1H/t17-;/m0./s1. The van der Waals surface area contributed by atoms with Gasteiger partial charge in [0.25, 0.3) is 0 Å². The van der Waals surface area contributed by atoms with Crippen LogP contribution in [0.2, 0.25) is 5.02 Å². The zero-order valence-corrected chi connectivity index (χ0v) is 20.2. The number of carbonyl (C=O) groups is 2. The first-order chi connectivity index (χ1) is 16.6. The van der Waals surface area contributed by atoms with Gasteiger partial charge in [-0.15, -0.1) is 12.4 Å². The molecule has 10 nitrogen and oxygen atoms in total. The molecule has 2 N–H and O–H groups in total. The Bertz CT molecular complexity index is 1410. The second-order valence-corrected chi connectivity index (χ2v) is 8.92. The van der Waals surface area contributed by atoms with E-state index in [1.54, 1.807) is 4.52 Å². The summed E-state index contributed by atoms with van der Waals surface area (Å²) in [5.74, 6) is -0.250. The maximum Gasteiger partial charge on any atom is 0.324 e. The highest BCUT2D eigenvalue weighted by Gasteiger charge is 2.29. The number of nitrogens with one attached hydrogen (secondary N) is 2. The van der Waals surface area contributed by atoms with E-state index in [1.165, 1.54) is 11.2 Å². The average molecular weight is 516 g/mol. The summed E-state index contributed by atoms with van der Waals surface area (Å²) in [7, 11) is 0. The molecule has 2 fully saturated rings. The van der Waals surface area contributed by atoms with Crippen molar-refractivity contribution in [1.82, 2.24) is 34.7 Å². The number of hydrogen-bond donors (Lipinski definition) is 2. The van der Waals surface area contributed by atoms with E-state index in [1.807, 2.05) is 36.7 Å². The lowest BCUT2D eigenvalue weighted by Gasteiger charge is -2.24. The van der Waals surface area contributed by atoms with E-state index in [-0.39, 0.29) is 43.5 Å². The molecule has 3 aromatic heterocycles. The number of morpholine rings is 1. The number of amides is 3. The second-order valence-electron chi connectivity index (χ2n) is 8.48. The van der Waals surface area contributed by atoms with Gasteiger partial charge in [-0.05, 0) is 29.8 Å². The number of nitrogens with zero attached hydrogens (tertiary/aromatic N) is 5. The topological polar surface area (TPSA) is 106 Å². The van der Waals surface area contributed by atoms with Gasteiger partial charge in [0.2, 0.25) is 5.91 Å². The summed E-state index contributed by atoms with van der Waals surface area (Å²) < 4.78 is 9.81. The molecule has 12 heteroatoms. The number of halogens is 2. The predicted molar refractivity (Wildman–Crippen MR) is 133 cm³/mol. The van der Waals surface area contributed by atoms with Crippen LogP contribution in [0.4, 0.5) is 4.79 Å². The molecule has 1 atom stereocenters. The van der Waals surface area contributed by atoms with Gasteiger partial charge in [-0.2, -0.15) is 5.10 Å². The number of fused-ring (bicyclic) bond motifs is 2. The normalized spacial score (nSPS) is 18.3. The Morgan fingerprint density at radius 2 is 2.11 bits per heavy atom. The first-order valence-electron chi connectivity index (χ1n) is 11.1. The number of hydrogen-bond acceptors (Lipinski definition) is 6. The fraction of sp³-hybridized carbons (Fsp3) is 0.304. The highest BCUT2D eigenvalue weighted by molar-refractivity contribution is 6.32. The molecule has 2 aliphatic heterocycles. The van der Waals surface area contributed by atoms with E-state index in [9.17, 15) is 9.59 Å². The lowest BCUT2D eigenvalue weighted by atomic mass is 10.1. The Hall–Kier alpha value is -3.18. The first kappa shape index (κ1) is 23.6. The zero-order chi connectivity index (χ0) is 23.2. The number of carbonyl (C=O) groups excluding carboxylic acids is 2. The fourth-order valence-corrected chi connectivity index (χ4v) is 4.90. The van der Waals surface area contributed by atoms with Crippen LogP contribution in [-0.4, -0.2) is 68.3 Å². The molecule has 1 aromatic carbocycles. The van der Waals surface area contributed by atoms with Crippen molar-refractivity contribution in [3.05, 3.63) is 53.6 Å². The smallest absolute Gasteiger partial charge is 0.324 e. The van der Waals surface area contributed by atoms with E-state index < -0.39 is 0 Å². The van der Waals surface area contributed by atoms with Crippen LogP contribution < -0.4 is 10.6 Å². The van der Waals surface area contributed by atoms with Crippen molar-refractivity contribution in [2.45, 2.75) is 19.2 Å². The molecule has 0 unspecified atom stereocenters. The van der Waals surface area contributed by atoms with Gasteiger partial charge in [-0.25, -0.2) is 14.3 Å². The number of benzene rings is 1. The Balaban J connectivity index is 0.00000253. The third-order valence-corrected chi connectivity index (χ3v) is 6.44. The summed E-state index contributed by atoms with van der Waals surface area (Å²) in [5.41, 5.74) is 4.15. The van der Waals surface area contributed by atoms with E-state index in [0.29, 0.717) is 23.9 Å². The summed E-state index contributed by atoms with van der Waals surface area (Å²) in [6.07, 6.45) is 5.42. The number of aromatic nitrogens is 4. The number of rotatable bonds is 5. The van der Waals surface area contributed by atoms with Gasteiger partial charge >= 0.3 is 6.03 Å². The Labute approximate surface area is 211 Å². The van der Waals surface area contributed by atoms with Gasteiger partial charge in [0.15, 0.2) is 0 Å². The molecule has 0 saturated carbocycles. The van der Waals surface area contributed by atoms with Gasteiger partial charge in [-0.1, -0.05) is 11.6 Å². The molecule has 0 aliphatic carbocycles. The molecule has 6 rings (SSSR count). The molecular weight excluding hydrogens is 493 g/mol. The Kier molecular flexibility index (Phi) is 6.37. The zero-order valence-electron chi connectivity index (χ0n) is 18.6. The molecular formula is C23H23Cl2N7O3. The van der Waals surface area contributed by atoms with E-state index in [4.69, 9.17) is 16.3 Å². The van der Waals surface area contributed by atoms with E-state index in [0.717, 1.165) is 40.6 Å².